The van der Waals surface area contributed by atoms with Crippen LogP contribution >= 0.6 is 11.3 Å². The number of thiazole rings is 1. The van der Waals surface area contributed by atoms with E-state index in [1.54, 1.807) is 11.3 Å². The molecule has 2 saturated heterocycles. The molecular weight excluding hydrogens is 332 g/mol. The van der Waals surface area contributed by atoms with E-state index in [4.69, 9.17) is 4.98 Å². The van der Waals surface area contributed by atoms with E-state index in [1.165, 1.54) is 4.70 Å². The van der Waals surface area contributed by atoms with Crippen LogP contribution in [0.3, 0.4) is 0 Å². The lowest BCUT2D eigenvalue weighted by Crippen LogP contribution is -2.48. The maximum Gasteiger partial charge on any atom is 0.253 e. The molecule has 2 aromatic rings. The molecule has 0 unspecified atom stereocenters. The lowest BCUT2D eigenvalue weighted by molar-refractivity contribution is 0.0793. The van der Waals surface area contributed by atoms with Crippen LogP contribution in [0, 0.1) is 0 Å². The van der Waals surface area contributed by atoms with Gasteiger partial charge in [-0.05, 0) is 44.9 Å². The van der Waals surface area contributed by atoms with Crippen LogP contribution in [-0.2, 0) is 0 Å². The number of hydrogen-bond donors (Lipinski definition) is 0. The normalized spacial score (nSPS) is 19.3. The van der Waals surface area contributed by atoms with Gasteiger partial charge in [0.15, 0.2) is 5.13 Å². The van der Waals surface area contributed by atoms with Gasteiger partial charge < -0.3 is 9.80 Å². The number of anilines is 1. The minimum Gasteiger partial charge on any atom is -0.345 e. The molecule has 0 bridgehead atoms. The number of carbonyl (C=O) groups excluding carboxylic acids is 1. The summed E-state index contributed by atoms with van der Waals surface area (Å²) in [6.07, 6.45) is 2.24. The molecule has 25 heavy (non-hydrogen) atoms. The molecular formula is C19H26N4OS. The van der Waals surface area contributed by atoms with E-state index in [0.29, 0.717) is 6.04 Å². The highest BCUT2D eigenvalue weighted by molar-refractivity contribution is 7.22. The Balaban J connectivity index is 1.51. The third kappa shape index (κ3) is 3.37. The number of aromatic nitrogens is 1. The Labute approximate surface area is 153 Å². The smallest absolute Gasteiger partial charge is 0.253 e. The van der Waals surface area contributed by atoms with Crippen LogP contribution in [0.1, 0.15) is 37.0 Å². The summed E-state index contributed by atoms with van der Waals surface area (Å²) in [5, 5.41) is 1.09. The second-order valence-electron chi connectivity index (χ2n) is 7.30. The van der Waals surface area contributed by atoms with Crippen molar-refractivity contribution in [2.45, 2.75) is 32.7 Å². The molecule has 0 saturated carbocycles. The van der Waals surface area contributed by atoms with Gasteiger partial charge in [-0.25, -0.2) is 4.98 Å². The Morgan fingerprint density at radius 2 is 1.80 bits per heavy atom. The molecule has 5 nitrogen and oxygen atoms in total. The molecule has 0 atom stereocenters. The second-order valence-corrected chi connectivity index (χ2v) is 8.30. The molecule has 0 radical (unpaired) electrons. The third-order valence-electron chi connectivity index (χ3n) is 5.33. The highest BCUT2D eigenvalue weighted by atomic mass is 32.1. The number of carbonyl (C=O) groups is 1. The number of hydrogen-bond acceptors (Lipinski definition) is 5. The van der Waals surface area contributed by atoms with Gasteiger partial charge in [0.25, 0.3) is 5.91 Å². The Morgan fingerprint density at radius 3 is 2.48 bits per heavy atom. The molecule has 0 N–H and O–H groups in total. The fourth-order valence-electron chi connectivity index (χ4n) is 3.72. The van der Waals surface area contributed by atoms with Crippen molar-refractivity contribution in [1.82, 2.24) is 14.8 Å². The first-order valence-corrected chi connectivity index (χ1v) is 10.1. The summed E-state index contributed by atoms with van der Waals surface area (Å²) in [4.78, 5) is 24.3. The van der Waals surface area contributed by atoms with Crippen molar-refractivity contribution in [2.24, 2.45) is 0 Å². The molecule has 3 heterocycles. The zero-order chi connectivity index (χ0) is 17.4. The SMILES string of the molecule is CC(C)N1CCN(c2nc3cc(C(=O)N4CCCC4)ccc3s2)CC1. The topological polar surface area (TPSA) is 39.7 Å². The lowest BCUT2D eigenvalue weighted by Gasteiger charge is -2.36. The highest BCUT2D eigenvalue weighted by Gasteiger charge is 2.23. The maximum atomic E-state index is 12.6. The van der Waals surface area contributed by atoms with Crippen LogP contribution < -0.4 is 4.90 Å². The number of benzene rings is 1. The molecule has 1 aromatic heterocycles. The predicted octanol–water partition coefficient (Wildman–Crippen LogP) is 3.06. The summed E-state index contributed by atoms with van der Waals surface area (Å²) in [7, 11) is 0. The number of piperazine rings is 1. The van der Waals surface area contributed by atoms with Crippen molar-refractivity contribution in [2.75, 3.05) is 44.2 Å². The average molecular weight is 359 g/mol. The van der Waals surface area contributed by atoms with E-state index in [0.717, 1.165) is 68.3 Å². The van der Waals surface area contributed by atoms with Crippen molar-refractivity contribution in [1.29, 1.82) is 0 Å². The summed E-state index contributed by atoms with van der Waals surface area (Å²) in [6.45, 7) is 10.5. The molecule has 4 rings (SSSR count). The van der Waals surface area contributed by atoms with Gasteiger partial charge in [-0.15, -0.1) is 0 Å². The van der Waals surface area contributed by atoms with E-state index in [1.807, 2.05) is 17.0 Å². The molecule has 1 amide bonds. The predicted molar refractivity (Wildman–Crippen MR) is 104 cm³/mol. The van der Waals surface area contributed by atoms with Gasteiger partial charge in [-0.1, -0.05) is 11.3 Å². The summed E-state index contributed by atoms with van der Waals surface area (Å²) in [6, 6.07) is 6.60. The molecule has 2 aliphatic heterocycles. The van der Waals surface area contributed by atoms with Crippen LogP contribution in [0.2, 0.25) is 0 Å². The largest absolute Gasteiger partial charge is 0.345 e. The van der Waals surface area contributed by atoms with Crippen LogP contribution in [0.15, 0.2) is 18.2 Å². The standard InChI is InChI=1S/C19H26N4OS/c1-14(2)21-9-11-23(12-10-21)19-20-16-13-15(5-6-17(16)25-19)18(24)22-7-3-4-8-22/h5-6,13-14H,3-4,7-12H2,1-2H3. The fourth-order valence-corrected chi connectivity index (χ4v) is 4.71. The number of likely N-dealkylation sites (tertiary alicyclic amines) is 1. The second kappa shape index (κ2) is 6.92. The molecule has 0 aliphatic carbocycles. The van der Waals surface area contributed by atoms with Gasteiger partial charge in [-0.2, -0.15) is 0 Å². The minimum atomic E-state index is 0.152. The molecule has 2 fully saturated rings. The van der Waals surface area contributed by atoms with Gasteiger partial charge in [-0.3, -0.25) is 9.69 Å². The first-order chi connectivity index (χ1) is 12.1. The van der Waals surface area contributed by atoms with Crippen LogP contribution in [0.25, 0.3) is 10.2 Å². The molecule has 0 spiro atoms. The van der Waals surface area contributed by atoms with E-state index in [-0.39, 0.29) is 5.91 Å². The van der Waals surface area contributed by atoms with E-state index >= 15 is 0 Å². The maximum absolute atomic E-state index is 12.6. The Hall–Kier alpha value is -1.66. The van der Waals surface area contributed by atoms with Crippen molar-refractivity contribution < 1.29 is 4.79 Å². The summed E-state index contributed by atoms with van der Waals surface area (Å²) in [5.74, 6) is 0.152. The molecule has 1 aromatic carbocycles. The molecule has 2 aliphatic rings. The van der Waals surface area contributed by atoms with E-state index in [2.05, 4.69) is 29.7 Å². The number of amides is 1. The van der Waals surface area contributed by atoms with E-state index in [9.17, 15) is 4.79 Å². The summed E-state index contributed by atoms with van der Waals surface area (Å²) >= 11 is 1.74. The summed E-state index contributed by atoms with van der Waals surface area (Å²) < 4.78 is 1.17. The third-order valence-corrected chi connectivity index (χ3v) is 6.43. The van der Waals surface area contributed by atoms with Crippen molar-refractivity contribution in [3.63, 3.8) is 0 Å². The number of fused-ring (bicyclic) bond motifs is 1. The number of rotatable bonds is 3. The Bertz CT molecular complexity index is 758. The van der Waals surface area contributed by atoms with Gasteiger partial charge in [0, 0.05) is 50.9 Å². The molecule has 6 heteroatoms. The fraction of sp³-hybridized carbons (Fsp3) is 0.579. The van der Waals surface area contributed by atoms with Gasteiger partial charge >= 0.3 is 0 Å². The van der Waals surface area contributed by atoms with Crippen molar-refractivity contribution in [3.05, 3.63) is 23.8 Å². The van der Waals surface area contributed by atoms with Crippen LogP contribution in [0.5, 0.6) is 0 Å². The van der Waals surface area contributed by atoms with Gasteiger partial charge in [0.1, 0.15) is 0 Å². The van der Waals surface area contributed by atoms with Crippen LogP contribution in [0.4, 0.5) is 5.13 Å². The van der Waals surface area contributed by atoms with Crippen LogP contribution in [-0.4, -0.2) is 66.0 Å². The lowest BCUT2D eigenvalue weighted by atomic mass is 10.2. The van der Waals surface area contributed by atoms with Gasteiger partial charge in [0.05, 0.1) is 10.2 Å². The zero-order valence-electron chi connectivity index (χ0n) is 15.1. The first kappa shape index (κ1) is 16.8. The number of nitrogens with zero attached hydrogens (tertiary/aromatic N) is 4. The Morgan fingerprint density at radius 1 is 1.08 bits per heavy atom. The monoisotopic (exact) mass is 358 g/mol. The van der Waals surface area contributed by atoms with Crippen molar-refractivity contribution >= 4 is 32.6 Å². The minimum absolute atomic E-state index is 0.152. The summed E-state index contributed by atoms with van der Waals surface area (Å²) in [5.41, 5.74) is 1.73. The Kier molecular flexibility index (Phi) is 4.65. The van der Waals surface area contributed by atoms with E-state index < -0.39 is 0 Å². The average Bonchev–Trinajstić information content (AvgIpc) is 3.30. The first-order valence-electron chi connectivity index (χ1n) is 9.31. The van der Waals surface area contributed by atoms with Gasteiger partial charge in [0.2, 0.25) is 0 Å². The zero-order valence-corrected chi connectivity index (χ0v) is 15.9. The quantitative estimate of drug-likeness (QED) is 0.845. The molecule has 134 valence electrons. The highest BCUT2D eigenvalue weighted by Crippen LogP contribution is 2.30. The van der Waals surface area contributed by atoms with Crippen molar-refractivity contribution in [3.8, 4) is 0 Å².